The Hall–Kier alpha value is -1.87. The molecule has 0 aliphatic carbocycles. The lowest BCUT2D eigenvalue weighted by molar-refractivity contribution is 0.0357. The maximum Gasteiger partial charge on any atom is 0.340 e. The number of nitrogens with two attached hydrogens (primary N) is 1. The van der Waals surface area contributed by atoms with Gasteiger partial charge in [-0.15, -0.1) is 0 Å². The van der Waals surface area contributed by atoms with E-state index < -0.39 is 6.23 Å². The molecule has 0 aromatic heterocycles. The minimum absolute atomic E-state index is 0.383. The fourth-order valence-corrected chi connectivity index (χ4v) is 1.64. The summed E-state index contributed by atoms with van der Waals surface area (Å²) in [6, 6.07) is 13.2. The Labute approximate surface area is 93.8 Å². The van der Waals surface area contributed by atoms with Crippen LogP contribution in [0.4, 0.5) is 0 Å². The normalized spacial score (nSPS) is 12.4. The molecule has 0 radical (unpaired) electrons. The van der Waals surface area contributed by atoms with Gasteiger partial charge >= 0.3 is 5.97 Å². The van der Waals surface area contributed by atoms with Crippen LogP contribution < -0.4 is 5.73 Å². The second-order valence-corrected chi connectivity index (χ2v) is 3.64. The van der Waals surface area contributed by atoms with E-state index in [1.165, 1.54) is 0 Å². The van der Waals surface area contributed by atoms with Gasteiger partial charge in [0.25, 0.3) is 0 Å². The largest absolute Gasteiger partial charge is 0.443 e. The van der Waals surface area contributed by atoms with Crippen LogP contribution in [0.5, 0.6) is 0 Å². The third kappa shape index (κ3) is 2.04. The van der Waals surface area contributed by atoms with Crippen molar-refractivity contribution in [2.75, 3.05) is 0 Å². The van der Waals surface area contributed by atoms with E-state index in [9.17, 15) is 4.79 Å². The van der Waals surface area contributed by atoms with Crippen LogP contribution in [-0.4, -0.2) is 12.2 Å². The molecule has 2 aromatic carbocycles. The summed E-state index contributed by atoms with van der Waals surface area (Å²) < 4.78 is 4.98. The zero-order valence-electron chi connectivity index (χ0n) is 9.01. The molecule has 0 fully saturated rings. The van der Waals surface area contributed by atoms with E-state index in [2.05, 4.69) is 0 Å². The van der Waals surface area contributed by atoms with Gasteiger partial charge in [-0.25, -0.2) is 4.79 Å². The molecule has 0 saturated carbocycles. The third-order valence-corrected chi connectivity index (χ3v) is 2.30. The number of hydrogen-bond acceptors (Lipinski definition) is 3. The van der Waals surface area contributed by atoms with Gasteiger partial charge in [-0.3, -0.25) is 5.73 Å². The van der Waals surface area contributed by atoms with Crippen molar-refractivity contribution in [3.05, 3.63) is 48.0 Å². The predicted octanol–water partition coefficient (Wildman–Crippen LogP) is 2.30. The molecule has 1 atom stereocenters. The maximum atomic E-state index is 11.8. The molecule has 0 aliphatic heterocycles. The highest BCUT2D eigenvalue weighted by molar-refractivity contribution is 6.04. The number of ether oxygens (including phenoxy) is 1. The van der Waals surface area contributed by atoms with Gasteiger partial charge in [0.2, 0.25) is 0 Å². The summed E-state index contributed by atoms with van der Waals surface area (Å²) in [5.41, 5.74) is 5.98. The minimum atomic E-state index is -0.591. The van der Waals surface area contributed by atoms with Crippen LogP contribution in [0.15, 0.2) is 42.5 Å². The molecule has 0 heterocycles. The smallest absolute Gasteiger partial charge is 0.340 e. The fourth-order valence-electron chi connectivity index (χ4n) is 1.64. The van der Waals surface area contributed by atoms with Gasteiger partial charge in [0.15, 0.2) is 0 Å². The molecule has 3 nitrogen and oxygen atoms in total. The Morgan fingerprint density at radius 1 is 1.19 bits per heavy atom. The first-order valence-electron chi connectivity index (χ1n) is 5.13. The first-order valence-corrected chi connectivity index (χ1v) is 5.13. The van der Waals surface area contributed by atoms with E-state index in [0.29, 0.717) is 5.56 Å². The van der Waals surface area contributed by atoms with Crippen molar-refractivity contribution in [1.82, 2.24) is 0 Å². The molecule has 0 bridgehead atoms. The minimum Gasteiger partial charge on any atom is -0.443 e. The van der Waals surface area contributed by atoms with Crippen LogP contribution in [-0.2, 0) is 4.74 Å². The summed E-state index contributed by atoms with van der Waals surface area (Å²) >= 11 is 0. The van der Waals surface area contributed by atoms with Gasteiger partial charge in [-0.05, 0) is 23.8 Å². The number of carbonyl (C=O) groups excluding carboxylic acids is 1. The van der Waals surface area contributed by atoms with Crippen LogP contribution in [0.25, 0.3) is 10.8 Å². The van der Waals surface area contributed by atoms with Crippen molar-refractivity contribution < 1.29 is 9.53 Å². The van der Waals surface area contributed by atoms with Crippen molar-refractivity contribution in [2.24, 2.45) is 5.73 Å². The first kappa shape index (κ1) is 10.6. The monoisotopic (exact) mass is 215 g/mol. The van der Waals surface area contributed by atoms with Gasteiger partial charge in [0.05, 0.1) is 5.56 Å². The Morgan fingerprint density at radius 3 is 2.62 bits per heavy atom. The molecule has 1 unspecified atom stereocenters. The van der Waals surface area contributed by atoms with Crippen molar-refractivity contribution in [1.29, 1.82) is 0 Å². The molecule has 0 amide bonds. The molecular formula is C13H13NO2. The molecule has 2 rings (SSSR count). The number of benzene rings is 2. The average molecular weight is 215 g/mol. The zero-order chi connectivity index (χ0) is 11.5. The molecular weight excluding hydrogens is 202 g/mol. The Bertz CT molecular complexity index is 515. The van der Waals surface area contributed by atoms with E-state index in [-0.39, 0.29) is 5.97 Å². The highest BCUT2D eigenvalue weighted by Gasteiger charge is 2.12. The van der Waals surface area contributed by atoms with Gasteiger partial charge < -0.3 is 4.74 Å². The molecule has 3 heteroatoms. The summed E-state index contributed by atoms with van der Waals surface area (Å²) in [5.74, 6) is -0.383. The number of carbonyl (C=O) groups is 1. The Balaban J connectivity index is 2.48. The first-order chi connectivity index (χ1) is 7.68. The predicted molar refractivity (Wildman–Crippen MR) is 63.0 cm³/mol. The highest BCUT2D eigenvalue weighted by atomic mass is 16.6. The molecule has 82 valence electrons. The number of rotatable bonds is 2. The van der Waals surface area contributed by atoms with Crippen molar-refractivity contribution in [3.63, 3.8) is 0 Å². The van der Waals surface area contributed by atoms with E-state index in [0.717, 1.165) is 10.8 Å². The molecule has 16 heavy (non-hydrogen) atoms. The molecule has 0 spiro atoms. The van der Waals surface area contributed by atoms with Gasteiger partial charge in [0, 0.05) is 0 Å². The molecule has 2 N–H and O–H groups in total. The Kier molecular flexibility index (Phi) is 2.88. The lowest BCUT2D eigenvalue weighted by Gasteiger charge is -2.09. The van der Waals surface area contributed by atoms with E-state index >= 15 is 0 Å². The van der Waals surface area contributed by atoms with Gasteiger partial charge in [-0.1, -0.05) is 36.4 Å². The van der Waals surface area contributed by atoms with E-state index in [1.54, 1.807) is 13.0 Å². The topological polar surface area (TPSA) is 52.3 Å². The quantitative estimate of drug-likeness (QED) is 0.617. The van der Waals surface area contributed by atoms with Crippen LogP contribution in [0.2, 0.25) is 0 Å². The van der Waals surface area contributed by atoms with Gasteiger partial charge in [0.1, 0.15) is 6.23 Å². The van der Waals surface area contributed by atoms with Crippen LogP contribution in [0.3, 0.4) is 0 Å². The number of esters is 1. The molecule has 0 saturated heterocycles. The summed E-state index contributed by atoms with van der Waals surface area (Å²) in [6.07, 6.45) is -0.591. The van der Waals surface area contributed by atoms with Crippen molar-refractivity contribution in [3.8, 4) is 0 Å². The molecule has 2 aromatic rings. The van der Waals surface area contributed by atoms with E-state index in [1.807, 2.05) is 36.4 Å². The Morgan fingerprint density at radius 2 is 1.88 bits per heavy atom. The van der Waals surface area contributed by atoms with Crippen LogP contribution >= 0.6 is 0 Å². The number of hydrogen-bond donors (Lipinski definition) is 1. The van der Waals surface area contributed by atoms with Crippen molar-refractivity contribution in [2.45, 2.75) is 13.2 Å². The SMILES string of the molecule is CC(N)OC(=O)c1cccc2ccccc12. The van der Waals surface area contributed by atoms with E-state index in [4.69, 9.17) is 10.5 Å². The summed E-state index contributed by atoms with van der Waals surface area (Å²) in [4.78, 5) is 11.8. The average Bonchev–Trinajstić information content (AvgIpc) is 2.27. The summed E-state index contributed by atoms with van der Waals surface area (Å²) in [5, 5.41) is 1.90. The zero-order valence-corrected chi connectivity index (χ0v) is 9.01. The second kappa shape index (κ2) is 4.33. The van der Waals surface area contributed by atoms with Crippen molar-refractivity contribution >= 4 is 16.7 Å². The third-order valence-electron chi connectivity index (χ3n) is 2.30. The standard InChI is InChI=1S/C13H13NO2/c1-9(14)16-13(15)12-8-4-6-10-5-2-3-7-11(10)12/h2-9H,14H2,1H3. The lowest BCUT2D eigenvalue weighted by atomic mass is 10.1. The fraction of sp³-hybridized carbons (Fsp3) is 0.154. The maximum absolute atomic E-state index is 11.8. The van der Waals surface area contributed by atoms with Crippen LogP contribution in [0.1, 0.15) is 17.3 Å². The lowest BCUT2D eigenvalue weighted by Crippen LogP contribution is -2.23. The summed E-state index contributed by atoms with van der Waals surface area (Å²) in [7, 11) is 0. The molecule has 0 aliphatic rings. The van der Waals surface area contributed by atoms with Crippen LogP contribution in [0, 0.1) is 0 Å². The second-order valence-electron chi connectivity index (χ2n) is 3.64. The summed E-state index contributed by atoms with van der Waals surface area (Å²) in [6.45, 7) is 1.63. The highest BCUT2D eigenvalue weighted by Crippen LogP contribution is 2.19. The van der Waals surface area contributed by atoms with Gasteiger partial charge in [-0.2, -0.15) is 0 Å². The number of fused-ring (bicyclic) bond motifs is 1.